The van der Waals surface area contributed by atoms with Crippen LogP contribution in [0.4, 0.5) is 4.39 Å². The molecule has 0 bridgehead atoms. The molecule has 0 fully saturated rings. The van der Waals surface area contributed by atoms with Gasteiger partial charge in [0.15, 0.2) is 11.6 Å². The monoisotopic (exact) mass is 229 g/mol. The van der Waals surface area contributed by atoms with E-state index in [1.54, 1.807) is 13.0 Å². The highest BCUT2D eigenvalue weighted by atomic mass is 19.1. The molecule has 0 aliphatic heterocycles. The predicted molar refractivity (Wildman–Crippen MR) is 64.5 cm³/mol. The minimum absolute atomic E-state index is 0. The van der Waals surface area contributed by atoms with Crippen molar-refractivity contribution in [1.82, 2.24) is 5.32 Å². The molecular weight excluding hydrogens is 209 g/mol. The lowest BCUT2D eigenvalue weighted by molar-refractivity contribution is 0.0959. The molecule has 0 unspecified atom stereocenters. The number of carbonyl (C=O) groups excluding carboxylic acids is 1. The van der Waals surface area contributed by atoms with Crippen molar-refractivity contribution in [2.24, 2.45) is 0 Å². The minimum atomic E-state index is -0.522. The highest BCUT2D eigenvalue weighted by Gasteiger charge is 2.15. The van der Waals surface area contributed by atoms with E-state index < -0.39 is 5.82 Å². The standard InChI is InChI=1S/C10H12FNO2.C2H6.H2/c1-6-4-7(10(13)12-2)9(14-3)8(11)5-6;1-2;/h4-5H,1-3H3,(H,12,13);1-2H3;1H. The first-order valence-electron chi connectivity index (χ1n) is 5.16. The van der Waals surface area contributed by atoms with Crippen LogP contribution in [0.3, 0.4) is 0 Å². The molecule has 3 nitrogen and oxygen atoms in total. The second-order valence-corrected chi connectivity index (χ2v) is 2.91. The highest BCUT2D eigenvalue weighted by molar-refractivity contribution is 5.97. The Morgan fingerprint density at radius 1 is 1.44 bits per heavy atom. The molecule has 0 atom stereocenters. The number of benzene rings is 1. The largest absolute Gasteiger partial charge is 0.493 e. The number of ether oxygens (including phenoxy) is 1. The van der Waals surface area contributed by atoms with E-state index in [0.717, 1.165) is 0 Å². The fourth-order valence-corrected chi connectivity index (χ4v) is 1.24. The molecule has 16 heavy (non-hydrogen) atoms. The molecule has 0 spiro atoms. The van der Waals surface area contributed by atoms with Crippen molar-refractivity contribution in [2.45, 2.75) is 20.8 Å². The van der Waals surface area contributed by atoms with Gasteiger partial charge in [-0.25, -0.2) is 4.39 Å². The third-order valence-corrected chi connectivity index (χ3v) is 1.86. The summed E-state index contributed by atoms with van der Waals surface area (Å²) in [6.45, 7) is 5.72. The Bertz CT molecular complexity index is 370. The maximum atomic E-state index is 13.3. The average molecular weight is 229 g/mol. The Morgan fingerprint density at radius 3 is 2.44 bits per heavy atom. The molecule has 0 aliphatic rings. The Hall–Kier alpha value is -1.58. The number of hydrogen-bond acceptors (Lipinski definition) is 2. The summed E-state index contributed by atoms with van der Waals surface area (Å²) >= 11 is 0. The Morgan fingerprint density at radius 2 is 2.00 bits per heavy atom. The van der Waals surface area contributed by atoms with Gasteiger partial charge in [-0.1, -0.05) is 13.8 Å². The zero-order chi connectivity index (χ0) is 12.7. The van der Waals surface area contributed by atoms with Gasteiger partial charge in [-0.15, -0.1) is 0 Å². The Balaban J connectivity index is 0. The fraction of sp³-hybridized carbons (Fsp3) is 0.417. The van der Waals surface area contributed by atoms with Gasteiger partial charge in [0, 0.05) is 8.47 Å². The SMILES string of the molecule is CC.CNC(=O)c1cc(C)cc(F)c1OC.[HH]. The van der Waals surface area contributed by atoms with Crippen LogP contribution in [0.2, 0.25) is 0 Å². The van der Waals surface area contributed by atoms with Crippen LogP contribution >= 0.6 is 0 Å². The number of amides is 1. The molecule has 0 aliphatic carbocycles. The highest BCUT2D eigenvalue weighted by Crippen LogP contribution is 2.23. The zero-order valence-electron chi connectivity index (χ0n) is 10.3. The van der Waals surface area contributed by atoms with Crippen LogP contribution in [0.25, 0.3) is 0 Å². The second kappa shape index (κ2) is 6.82. The van der Waals surface area contributed by atoms with Crippen LogP contribution in [-0.4, -0.2) is 20.1 Å². The van der Waals surface area contributed by atoms with Crippen molar-refractivity contribution in [1.29, 1.82) is 0 Å². The van der Waals surface area contributed by atoms with Crippen molar-refractivity contribution >= 4 is 5.91 Å². The maximum absolute atomic E-state index is 13.3. The van der Waals surface area contributed by atoms with Crippen molar-refractivity contribution in [3.8, 4) is 5.75 Å². The van der Waals surface area contributed by atoms with E-state index in [-0.39, 0.29) is 18.6 Å². The first kappa shape index (κ1) is 14.4. The molecule has 1 aromatic carbocycles. The van der Waals surface area contributed by atoms with Gasteiger partial charge in [0.25, 0.3) is 5.91 Å². The summed E-state index contributed by atoms with van der Waals surface area (Å²) in [6, 6.07) is 2.91. The second-order valence-electron chi connectivity index (χ2n) is 2.91. The molecule has 1 amide bonds. The van der Waals surface area contributed by atoms with Crippen LogP contribution in [-0.2, 0) is 0 Å². The molecule has 1 aromatic rings. The van der Waals surface area contributed by atoms with Gasteiger partial charge >= 0.3 is 0 Å². The molecule has 0 aromatic heterocycles. The van der Waals surface area contributed by atoms with Gasteiger partial charge in [0.2, 0.25) is 0 Å². The number of rotatable bonds is 2. The number of halogens is 1. The van der Waals surface area contributed by atoms with Gasteiger partial charge in [-0.2, -0.15) is 0 Å². The predicted octanol–water partition coefficient (Wildman–Crippen LogP) is 2.77. The molecule has 0 saturated heterocycles. The molecule has 0 heterocycles. The topological polar surface area (TPSA) is 38.3 Å². The Kier molecular flexibility index (Phi) is 6.15. The summed E-state index contributed by atoms with van der Waals surface area (Å²) in [6.07, 6.45) is 0. The van der Waals surface area contributed by atoms with Gasteiger partial charge in [-0.3, -0.25) is 4.79 Å². The summed E-state index contributed by atoms with van der Waals surface area (Å²) in [5, 5.41) is 2.42. The molecule has 1 rings (SSSR count). The zero-order valence-corrected chi connectivity index (χ0v) is 10.3. The quantitative estimate of drug-likeness (QED) is 0.846. The summed E-state index contributed by atoms with van der Waals surface area (Å²) < 4.78 is 18.1. The molecule has 0 saturated carbocycles. The van der Waals surface area contributed by atoms with Crippen molar-refractivity contribution in [3.63, 3.8) is 0 Å². The molecule has 0 radical (unpaired) electrons. The minimum Gasteiger partial charge on any atom is -0.493 e. The average Bonchev–Trinajstić information content (AvgIpc) is 2.29. The van der Waals surface area contributed by atoms with E-state index in [0.29, 0.717) is 5.56 Å². The van der Waals surface area contributed by atoms with Gasteiger partial charge in [0.1, 0.15) is 0 Å². The van der Waals surface area contributed by atoms with Gasteiger partial charge in [0.05, 0.1) is 12.7 Å². The smallest absolute Gasteiger partial charge is 0.254 e. The molecule has 92 valence electrons. The van der Waals surface area contributed by atoms with Crippen molar-refractivity contribution in [3.05, 3.63) is 29.1 Å². The summed E-state index contributed by atoms with van der Waals surface area (Å²) in [7, 11) is 2.82. The number of hydrogen-bond donors (Lipinski definition) is 1. The summed E-state index contributed by atoms with van der Waals surface area (Å²) in [4.78, 5) is 11.3. The third kappa shape index (κ3) is 3.22. The third-order valence-electron chi connectivity index (χ3n) is 1.86. The fourth-order valence-electron chi connectivity index (χ4n) is 1.24. The number of carbonyl (C=O) groups is 1. The van der Waals surface area contributed by atoms with E-state index in [2.05, 4.69) is 5.32 Å². The first-order chi connectivity index (χ1) is 7.60. The Labute approximate surface area is 97.1 Å². The number of aryl methyl sites for hydroxylation is 1. The van der Waals surface area contributed by atoms with Crippen molar-refractivity contribution < 1.29 is 15.3 Å². The van der Waals surface area contributed by atoms with Crippen LogP contribution in [0.15, 0.2) is 12.1 Å². The van der Waals surface area contributed by atoms with Crippen LogP contribution in [0.1, 0.15) is 31.2 Å². The lowest BCUT2D eigenvalue weighted by atomic mass is 10.1. The van der Waals surface area contributed by atoms with Gasteiger partial charge < -0.3 is 10.1 Å². The molecular formula is C12H20FNO2. The van der Waals surface area contributed by atoms with E-state index in [1.165, 1.54) is 20.2 Å². The summed E-state index contributed by atoms with van der Waals surface area (Å²) in [5.41, 5.74) is 0.898. The summed E-state index contributed by atoms with van der Waals surface area (Å²) in [5.74, 6) is -0.898. The number of methoxy groups -OCH3 is 1. The lowest BCUT2D eigenvalue weighted by Crippen LogP contribution is -2.19. The van der Waals surface area contributed by atoms with Crippen molar-refractivity contribution in [2.75, 3.05) is 14.2 Å². The lowest BCUT2D eigenvalue weighted by Gasteiger charge is -2.09. The van der Waals surface area contributed by atoms with E-state index in [1.807, 2.05) is 13.8 Å². The van der Waals surface area contributed by atoms with E-state index >= 15 is 0 Å². The van der Waals surface area contributed by atoms with Gasteiger partial charge in [-0.05, 0) is 24.6 Å². The van der Waals surface area contributed by atoms with E-state index in [4.69, 9.17) is 4.74 Å². The number of nitrogens with one attached hydrogen (secondary N) is 1. The van der Waals surface area contributed by atoms with Crippen LogP contribution in [0, 0.1) is 12.7 Å². The molecule has 4 heteroatoms. The van der Waals surface area contributed by atoms with Crippen LogP contribution < -0.4 is 10.1 Å². The van der Waals surface area contributed by atoms with E-state index in [9.17, 15) is 9.18 Å². The van der Waals surface area contributed by atoms with Crippen LogP contribution in [0.5, 0.6) is 5.75 Å². The maximum Gasteiger partial charge on any atom is 0.254 e. The normalized spacial score (nSPS) is 8.88. The molecule has 1 N–H and O–H groups in total. The first-order valence-corrected chi connectivity index (χ1v) is 5.16.